The van der Waals surface area contributed by atoms with Crippen molar-refractivity contribution in [1.29, 1.82) is 0 Å². The Morgan fingerprint density at radius 1 is 1.17 bits per heavy atom. The van der Waals surface area contributed by atoms with E-state index >= 15 is 0 Å². The van der Waals surface area contributed by atoms with Crippen molar-refractivity contribution in [2.75, 3.05) is 11.4 Å². The number of carbonyl (C=O) groups is 2. The Kier molecular flexibility index (Phi) is 4.69. The first kappa shape index (κ1) is 15.9. The Hall–Kier alpha value is -2.96. The van der Waals surface area contributed by atoms with Gasteiger partial charge in [0.2, 0.25) is 11.8 Å². The van der Waals surface area contributed by atoms with E-state index in [9.17, 15) is 14.4 Å². The van der Waals surface area contributed by atoms with Gasteiger partial charge in [0.1, 0.15) is 6.54 Å². The molecule has 1 aliphatic heterocycles. The Bertz CT molecular complexity index is 798. The molecule has 2 aromatic rings. The van der Waals surface area contributed by atoms with Gasteiger partial charge in [-0.25, -0.2) is 4.68 Å². The second-order valence-electron chi connectivity index (χ2n) is 5.61. The van der Waals surface area contributed by atoms with Crippen LogP contribution in [0.1, 0.15) is 18.4 Å². The van der Waals surface area contributed by atoms with Gasteiger partial charge in [0.15, 0.2) is 0 Å². The van der Waals surface area contributed by atoms with Crippen LogP contribution < -0.4 is 15.8 Å². The highest BCUT2D eigenvalue weighted by Gasteiger charge is 2.21. The van der Waals surface area contributed by atoms with Gasteiger partial charge >= 0.3 is 0 Å². The summed E-state index contributed by atoms with van der Waals surface area (Å²) in [6.45, 7) is 1.00. The van der Waals surface area contributed by atoms with Gasteiger partial charge in [0.25, 0.3) is 5.56 Å². The number of hydrogen-bond donors (Lipinski definition) is 1. The van der Waals surface area contributed by atoms with Gasteiger partial charge in [0, 0.05) is 37.5 Å². The molecule has 1 saturated heterocycles. The lowest BCUT2D eigenvalue weighted by Gasteiger charge is -2.16. The van der Waals surface area contributed by atoms with Crippen LogP contribution in [0.25, 0.3) is 0 Å². The molecule has 124 valence electrons. The predicted molar refractivity (Wildman–Crippen MR) is 88.4 cm³/mol. The summed E-state index contributed by atoms with van der Waals surface area (Å²) in [4.78, 5) is 36.9. The van der Waals surface area contributed by atoms with E-state index < -0.39 is 0 Å². The van der Waals surface area contributed by atoms with Crippen LogP contribution >= 0.6 is 0 Å². The molecule has 0 radical (unpaired) electrons. The van der Waals surface area contributed by atoms with Crippen LogP contribution in [-0.4, -0.2) is 28.1 Å². The summed E-state index contributed by atoms with van der Waals surface area (Å²) in [5, 5.41) is 6.60. The summed E-state index contributed by atoms with van der Waals surface area (Å²) in [5.41, 5.74) is 1.49. The summed E-state index contributed by atoms with van der Waals surface area (Å²) >= 11 is 0. The Balaban J connectivity index is 1.55. The molecular formula is C17H18N4O3. The number of carbonyl (C=O) groups excluding carboxylic acids is 2. The maximum atomic E-state index is 11.9. The molecule has 1 fully saturated rings. The average molecular weight is 326 g/mol. The van der Waals surface area contributed by atoms with E-state index in [0.717, 1.165) is 28.9 Å². The standard InChI is InChI=1S/C17H18N4O3/c22-15(12-21-17(24)3-1-9-19-21)18-11-13-5-7-14(8-6-13)20-10-2-4-16(20)23/h1,3,5-9H,2,4,10-12H2,(H,18,22). The molecule has 0 bridgehead atoms. The first-order valence-electron chi connectivity index (χ1n) is 7.81. The van der Waals surface area contributed by atoms with Crippen LogP contribution in [0, 0.1) is 0 Å². The topological polar surface area (TPSA) is 84.3 Å². The zero-order chi connectivity index (χ0) is 16.9. The van der Waals surface area contributed by atoms with Crippen molar-refractivity contribution in [3.63, 3.8) is 0 Å². The lowest BCUT2D eigenvalue weighted by atomic mass is 10.2. The first-order valence-corrected chi connectivity index (χ1v) is 7.81. The second-order valence-corrected chi connectivity index (χ2v) is 5.61. The third kappa shape index (κ3) is 3.68. The monoisotopic (exact) mass is 326 g/mol. The van der Waals surface area contributed by atoms with E-state index in [0.29, 0.717) is 13.0 Å². The van der Waals surface area contributed by atoms with Crippen molar-refractivity contribution in [3.05, 3.63) is 58.5 Å². The first-order chi connectivity index (χ1) is 11.6. The number of nitrogens with one attached hydrogen (secondary N) is 1. The van der Waals surface area contributed by atoms with E-state index in [1.165, 1.54) is 18.3 Å². The minimum atomic E-state index is -0.313. The minimum Gasteiger partial charge on any atom is -0.350 e. The highest BCUT2D eigenvalue weighted by atomic mass is 16.2. The number of benzene rings is 1. The molecule has 0 saturated carbocycles. The van der Waals surface area contributed by atoms with E-state index in [4.69, 9.17) is 0 Å². The third-order valence-electron chi connectivity index (χ3n) is 3.89. The predicted octanol–water partition coefficient (Wildman–Crippen LogP) is 0.686. The molecule has 2 heterocycles. The normalized spacial score (nSPS) is 14.0. The Labute approximate surface area is 138 Å². The van der Waals surface area contributed by atoms with Crippen molar-refractivity contribution in [1.82, 2.24) is 15.1 Å². The SMILES string of the molecule is O=C(Cn1ncccc1=O)NCc1ccc(N2CCCC2=O)cc1. The van der Waals surface area contributed by atoms with Crippen LogP contribution in [0.2, 0.25) is 0 Å². The zero-order valence-electron chi connectivity index (χ0n) is 13.1. The van der Waals surface area contributed by atoms with Crippen LogP contribution in [0.5, 0.6) is 0 Å². The summed E-state index contributed by atoms with van der Waals surface area (Å²) in [7, 11) is 0. The van der Waals surface area contributed by atoms with Gasteiger partial charge in [-0.1, -0.05) is 12.1 Å². The number of hydrogen-bond acceptors (Lipinski definition) is 4. The highest BCUT2D eigenvalue weighted by molar-refractivity contribution is 5.95. The van der Waals surface area contributed by atoms with Gasteiger partial charge in [-0.2, -0.15) is 5.10 Å². The molecule has 2 amide bonds. The largest absolute Gasteiger partial charge is 0.350 e. The maximum Gasteiger partial charge on any atom is 0.267 e. The van der Waals surface area contributed by atoms with Crippen LogP contribution in [0.3, 0.4) is 0 Å². The molecule has 0 spiro atoms. The third-order valence-corrected chi connectivity index (χ3v) is 3.89. The molecule has 7 heteroatoms. The smallest absolute Gasteiger partial charge is 0.267 e. The van der Waals surface area contributed by atoms with Crippen molar-refractivity contribution in [2.24, 2.45) is 0 Å². The molecule has 3 rings (SSSR count). The molecule has 0 unspecified atom stereocenters. The molecule has 1 aromatic carbocycles. The van der Waals surface area contributed by atoms with Crippen LogP contribution in [-0.2, 0) is 22.7 Å². The second kappa shape index (κ2) is 7.08. The summed E-state index contributed by atoms with van der Waals surface area (Å²) < 4.78 is 1.11. The van der Waals surface area contributed by atoms with Crippen molar-refractivity contribution < 1.29 is 9.59 Å². The van der Waals surface area contributed by atoms with Gasteiger partial charge in [0.05, 0.1) is 0 Å². The molecule has 0 atom stereocenters. The van der Waals surface area contributed by atoms with Crippen molar-refractivity contribution >= 4 is 17.5 Å². The lowest BCUT2D eigenvalue weighted by Crippen LogP contribution is -2.32. The number of aromatic nitrogens is 2. The Morgan fingerprint density at radius 3 is 2.62 bits per heavy atom. The van der Waals surface area contributed by atoms with Gasteiger partial charge < -0.3 is 10.2 Å². The Morgan fingerprint density at radius 2 is 1.96 bits per heavy atom. The maximum absolute atomic E-state index is 11.9. The van der Waals surface area contributed by atoms with E-state index in [-0.39, 0.29) is 23.9 Å². The van der Waals surface area contributed by atoms with Crippen LogP contribution in [0.15, 0.2) is 47.4 Å². The summed E-state index contributed by atoms with van der Waals surface area (Å²) in [6.07, 6.45) is 2.96. The zero-order valence-corrected chi connectivity index (χ0v) is 13.1. The van der Waals surface area contributed by atoms with E-state index in [1.807, 2.05) is 24.3 Å². The van der Waals surface area contributed by atoms with E-state index in [1.54, 1.807) is 4.90 Å². The highest BCUT2D eigenvalue weighted by Crippen LogP contribution is 2.21. The fraction of sp³-hybridized carbons (Fsp3) is 0.294. The van der Waals surface area contributed by atoms with Gasteiger partial charge in [-0.3, -0.25) is 14.4 Å². The summed E-state index contributed by atoms with van der Waals surface area (Å²) in [6, 6.07) is 10.4. The molecule has 7 nitrogen and oxygen atoms in total. The molecular weight excluding hydrogens is 308 g/mol. The fourth-order valence-corrected chi connectivity index (χ4v) is 2.61. The number of amides is 2. The average Bonchev–Trinajstić information content (AvgIpc) is 3.02. The number of anilines is 1. The van der Waals surface area contributed by atoms with Gasteiger partial charge in [-0.05, 0) is 30.2 Å². The van der Waals surface area contributed by atoms with Crippen molar-refractivity contribution in [3.8, 4) is 0 Å². The van der Waals surface area contributed by atoms with E-state index in [2.05, 4.69) is 10.4 Å². The lowest BCUT2D eigenvalue weighted by molar-refractivity contribution is -0.122. The number of nitrogens with zero attached hydrogens (tertiary/aromatic N) is 3. The van der Waals surface area contributed by atoms with Gasteiger partial charge in [-0.15, -0.1) is 0 Å². The minimum absolute atomic E-state index is 0.111. The molecule has 24 heavy (non-hydrogen) atoms. The molecule has 1 N–H and O–H groups in total. The van der Waals surface area contributed by atoms with Crippen molar-refractivity contribution in [2.45, 2.75) is 25.9 Å². The quantitative estimate of drug-likeness (QED) is 0.876. The molecule has 1 aromatic heterocycles. The summed E-state index contributed by atoms with van der Waals surface area (Å²) in [5.74, 6) is -0.133. The molecule has 0 aliphatic carbocycles. The van der Waals surface area contributed by atoms with Crippen LogP contribution in [0.4, 0.5) is 5.69 Å². The number of rotatable bonds is 5. The fourth-order valence-electron chi connectivity index (χ4n) is 2.61. The molecule has 1 aliphatic rings.